The minimum absolute atomic E-state index is 0.0491. The number of unbranched alkanes of at least 4 members (excludes halogenated alkanes) is 10. The lowest BCUT2D eigenvalue weighted by Gasteiger charge is -2.11. The molecule has 0 aromatic heterocycles. The van der Waals surface area contributed by atoms with Crippen molar-refractivity contribution in [1.29, 1.82) is 0 Å². The molecule has 0 amide bonds. The van der Waals surface area contributed by atoms with E-state index >= 15 is 0 Å². The van der Waals surface area contributed by atoms with E-state index in [1.165, 1.54) is 51.4 Å². The van der Waals surface area contributed by atoms with E-state index in [1.807, 2.05) is 0 Å². The van der Waals surface area contributed by atoms with E-state index in [0.29, 0.717) is 6.42 Å². The molecule has 0 aliphatic heterocycles. The van der Waals surface area contributed by atoms with Crippen LogP contribution in [0.5, 0.6) is 0 Å². The molecule has 0 atom stereocenters. The summed E-state index contributed by atoms with van der Waals surface area (Å²) in [6.07, 6.45) is 13.2. The Kier molecular flexibility index (Phi) is 11.3. The molecule has 0 bridgehead atoms. The van der Waals surface area contributed by atoms with Crippen molar-refractivity contribution in [1.82, 2.24) is 0 Å². The summed E-state index contributed by atoms with van der Waals surface area (Å²) in [7, 11) is 0. The Bertz CT molecular complexity index is 195. The van der Waals surface area contributed by atoms with Gasteiger partial charge in [0, 0.05) is 6.42 Å². The standard InChI is InChI=1S/C14H29NO3/c1-2-3-4-5-6-7-8-9-10-11-12-13-14(16,17)15-18/h16-17H,2-13H2,1H3. The van der Waals surface area contributed by atoms with Crippen LogP contribution in [0, 0.1) is 4.91 Å². The first kappa shape index (κ1) is 17.5. The largest absolute Gasteiger partial charge is 0.345 e. The highest BCUT2D eigenvalue weighted by Crippen LogP contribution is 2.15. The SMILES string of the molecule is CCCCCCCCCCCCCC(O)(O)N=O. The molecule has 0 fully saturated rings. The molecule has 0 unspecified atom stereocenters. The number of hydrogen-bond donors (Lipinski definition) is 2. The molecule has 0 aliphatic carbocycles. The van der Waals surface area contributed by atoms with Crippen LogP contribution in [-0.4, -0.2) is 16.1 Å². The Labute approximate surface area is 111 Å². The molecule has 4 nitrogen and oxygen atoms in total. The van der Waals surface area contributed by atoms with Gasteiger partial charge in [0.1, 0.15) is 0 Å². The molecule has 2 N–H and O–H groups in total. The second-order valence-corrected chi connectivity index (χ2v) is 5.15. The zero-order chi connectivity index (χ0) is 13.7. The van der Waals surface area contributed by atoms with Crippen LogP contribution in [0.2, 0.25) is 0 Å². The summed E-state index contributed by atoms with van der Waals surface area (Å²) in [5, 5.41) is 20.2. The lowest BCUT2D eigenvalue weighted by atomic mass is 10.0. The first-order chi connectivity index (χ1) is 8.62. The van der Waals surface area contributed by atoms with E-state index in [2.05, 4.69) is 12.1 Å². The monoisotopic (exact) mass is 259 g/mol. The zero-order valence-electron chi connectivity index (χ0n) is 11.7. The molecule has 0 saturated carbocycles. The van der Waals surface area contributed by atoms with Gasteiger partial charge in [-0.3, -0.25) is 0 Å². The van der Waals surface area contributed by atoms with E-state index < -0.39 is 5.91 Å². The van der Waals surface area contributed by atoms with Crippen LogP contribution in [0.3, 0.4) is 0 Å². The molecule has 0 aliphatic rings. The number of nitrogens with zero attached hydrogens (tertiary/aromatic N) is 1. The maximum Gasteiger partial charge on any atom is 0.303 e. The second kappa shape index (κ2) is 11.6. The average molecular weight is 259 g/mol. The topological polar surface area (TPSA) is 69.9 Å². The minimum Gasteiger partial charge on any atom is -0.345 e. The summed E-state index contributed by atoms with van der Waals surface area (Å²) in [5.41, 5.74) is 0. The van der Waals surface area contributed by atoms with Gasteiger partial charge < -0.3 is 10.2 Å². The smallest absolute Gasteiger partial charge is 0.303 e. The molecular formula is C14H29NO3. The van der Waals surface area contributed by atoms with Crippen molar-refractivity contribution in [3.05, 3.63) is 4.91 Å². The number of nitroso groups, excluding NO2 is 1. The maximum atomic E-state index is 9.99. The lowest BCUT2D eigenvalue weighted by molar-refractivity contribution is -0.159. The summed E-state index contributed by atoms with van der Waals surface area (Å²) in [5.74, 6) is -2.35. The van der Waals surface area contributed by atoms with Crippen LogP contribution in [0.25, 0.3) is 0 Å². The van der Waals surface area contributed by atoms with Crippen molar-refractivity contribution in [2.75, 3.05) is 0 Å². The molecule has 0 rings (SSSR count). The van der Waals surface area contributed by atoms with Gasteiger partial charge in [0.05, 0.1) is 0 Å². The van der Waals surface area contributed by atoms with Gasteiger partial charge in [0.15, 0.2) is 0 Å². The fraction of sp³-hybridized carbons (Fsp3) is 1.00. The van der Waals surface area contributed by atoms with E-state index in [0.717, 1.165) is 12.8 Å². The summed E-state index contributed by atoms with van der Waals surface area (Å²) in [4.78, 5) is 9.99. The van der Waals surface area contributed by atoms with Gasteiger partial charge in [-0.1, -0.05) is 71.1 Å². The van der Waals surface area contributed by atoms with Gasteiger partial charge in [-0.15, -0.1) is 4.91 Å². The second-order valence-electron chi connectivity index (χ2n) is 5.15. The third-order valence-corrected chi connectivity index (χ3v) is 3.26. The quantitative estimate of drug-likeness (QED) is 0.297. The van der Waals surface area contributed by atoms with E-state index in [4.69, 9.17) is 10.2 Å². The number of aliphatic hydroxyl groups is 2. The van der Waals surface area contributed by atoms with Crippen LogP contribution in [0.4, 0.5) is 0 Å². The van der Waals surface area contributed by atoms with Crippen LogP contribution in [0.1, 0.15) is 84.0 Å². The van der Waals surface area contributed by atoms with E-state index in [-0.39, 0.29) is 6.42 Å². The molecular weight excluding hydrogens is 230 g/mol. The number of rotatable bonds is 13. The summed E-state index contributed by atoms with van der Waals surface area (Å²) in [6.45, 7) is 2.23. The van der Waals surface area contributed by atoms with Crippen molar-refractivity contribution in [3.8, 4) is 0 Å². The molecule has 0 aromatic rings. The van der Waals surface area contributed by atoms with Crippen LogP contribution in [-0.2, 0) is 0 Å². The van der Waals surface area contributed by atoms with Crippen molar-refractivity contribution in [2.24, 2.45) is 5.18 Å². The molecule has 0 heterocycles. The predicted octanol–water partition coefficient (Wildman–Crippen LogP) is 4.09. The number of hydrogen-bond acceptors (Lipinski definition) is 4. The van der Waals surface area contributed by atoms with Crippen LogP contribution >= 0.6 is 0 Å². The fourth-order valence-corrected chi connectivity index (χ4v) is 2.07. The van der Waals surface area contributed by atoms with Crippen LogP contribution in [0.15, 0.2) is 5.18 Å². The Balaban J connectivity index is 3.10. The predicted molar refractivity (Wildman–Crippen MR) is 74.0 cm³/mol. The van der Waals surface area contributed by atoms with Crippen molar-refractivity contribution in [2.45, 2.75) is 89.9 Å². The molecule has 18 heavy (non-hydrogen) atoms. The molecule has 0 radical (unpaired) electrons. The van der Waals surface area contributed by atoms with E-state index in [1.54, 1.807) is 0 Å². The Hall–Kier alpha value is -0.480. The minimum atomic E-state index is -2.35. The normalized spacial score (nSPS) is 11.7. The highest BCUT2D eigenvalue weighted by Gasteiger charge is 2.22. The Morgan fingerprint density at radius 1 is 0.778 bits per heavy atom. The highest BCUT2D eigenvalue weighted by molar-refractivity contribution is 4.59. The zero-order valence-corrected chi connectivity index (χ0v) is 11.7. The molecule has 0 saturated heterocycles. The average Bonchev–Trinajstić information content (AvgIpc) is 2.36. The van der Waals surface area contributed by atoms with Crippen molar-refractivity contribution in [3.63, 3.8) is 0 Å². The Morgan fingerprint density at radius 3 is 1.56 bits per heavy atom. The summed E-state index contributed by atoms with van der Waals surface area (Å²) in [6, 6.07) is 0. The fourth-order valence-electron chi connectivity index (χ4n) is 2.07. The van der Waals surface area contributed by atoms with Gasteiger partial charge in [-0.2, -0.15) is 0 Å². The van der Waals surface area contributed by atoms with Crippen molar-refractivity contribution < 1.29 is 10.2 Å². The third kappa shape index (κ3) is 12.0. The lowest BCUT2D eigenvalue weighted by Crippen LogP contribution is -2.23. The van der Waals surface area contributed by atoms with Crippen LogP contribution < -0.4 is 0 Å². The third-order valence-electron chi connectivity index (χ3n) is 3.26. The molecule has 0 spiro atoms. The maximum absolute atomic E-state index is 9.99. The van der Waals surface area contributed by atoms with Gasteiger partial charge in [-0.25, -0.2) is 0 Å². The highest BCUT2D eigenvalue weighted by atomic mass is 16.5. The molecule has 108 valence electrons. The van der Waals surface area contributed by atoms with Crippen molar-refractivity contribution >= 4 is 0 Å². The molecule has 4 heteroatoms. The first-order valence-corrected chi connectivity index (χ1v) is 7.41. The van der Waals surface area contributed by atoms with Gasteiger partial charge in [-0.05, 0) is 11.6 Å². The van der Waals surface area contributed by atoms with Gasteiger partial charge in [0.2, 0.25) is 0 Å². The first-order valence-electron chi connectivity index (χ1n) is 7.41. The molecule has 0 aromatic carbocycles. The van der Waals surface area contributed by atoms with Gasteiger partial charge in [0.25, 0.3) is 0 Å². The van der Waals surface area contributed by atoms with Gasteiger partial charge >= 0.3 is 5.91 Å². The summed E-state index contributed by atoms with van der Waals surface area (Å²) < 4.78 is 0. The van der Waals surface area contributed by atoms with E-state index in [9.17, 15) is 4.91 Å². The Morgan fingerprint density at radius 2 is 1.17 bits per heavy atom. The summed E-state index contributed by atoms with van der Waals surface area (Å²) >= 11 is 0.